The van der Waals surface area contributed by atoms with Gasteiger partial charge < -0.3 is 10.6 Å². The molecule has 0 fully saturated rings. The van der Waals surface area contributed by atoms with Gasteiger partial charge in [-0.05, 0) is 24.4 Å². The predicted octanol–water partition coefficient (Wildman–Crippen LogP) is 2.38. The van der Waals surface area contributed by atoms with Gasteiger partial charge in [0.2, 0.25) is 0 Å². The zero-order valence-corrected chi connectivity index (χ0v) is 13.6. The van der Waals surface area contributed by atoms with Crippen molar-refractivity contribution in [2.45, 2.75) is 20.8 Å². The molecule has 2 N–H and O–H groups in total. The van der Waals surface area contributed by atoms with Crippen LogP contribution in [0.1, 0.15) is 29.8 Å². The lowest BCUT2D eigenvalue weighted by molar-refractivity contribution is -0.385. The third kappa shape index (κ3) is 4.68. The first-order valence-electron chi connectivity index (χ1n) is 6.39. The maximum atomic E-state index is 12.5. The minimum absolute atomic E-state index is 0. The van der Waals surface area contributed by atoms with Gasteiger partial charge in [-0.2, -0.15) is 0 Å². The number of nitrogens with two attached hydrogens (primary N) is 1. The van der Waals surface area contributed by atoms with E-state index >= 15 is 0 Å². The highest BCUT2D eigenvalue weighted by Crippen LogP contribution is 2.24. The molecule has 1 aromatic carbocycles. The third-order valence-electron chi connectivity index (χ3n) is 3.23. The van der Waals surface area contributed by atoms with Crippen LogP contribution >= 0.6 is 12.4 Å². The average Bonchev–Trinajstić information content (AvgIpc) is 2.37. The predicted molar refractivity (Wildman–Crippen MR) is 84.9 cm³/mol. The molecule has 1 aromatic rings. The highest BCUT2D eigenvalue weighted by Gasteiger charge is 2.27. The van der Waals surface area contributed by atoms with Gasteiger partial charge in [0.25, 0.3) is 11.6 Å². The summed E-state index contributed by atoms with van der Waals surface area (Å²) in [6.45, 7) is 6.46. The van der Waals surface area contributed by atoms with Gasteiger partial charge >= 0.3 is 0 Å². The van der Waals surface area contributed by atoms with Crippen LogP contribution < -0.4 is 5.73 Å². The second kappa shape index (κ2) is 7.38. The molecule has 1 amide bonds. The molecule has 0 spiro atoms. The molecule has 7 heteroatoms. The lowest BCUT2D eigenvalue weighted by Gasteiger charge is -2.29. The van der Waals surface area contributed by atoms with E-state index in [-0.39, 0.29) is 35.0 Å². The first kappa shape index (κ1) is 19.3. The van der Waals surface area contributed by atoms with Crippen LogP contribution in [0, 0.1) is 22.5 Å². The topological polar surface area (TPSA) is 89.5 Å². The highest BCUT2D eigenvalue weighted by atomic mass is 35.5. The molecule has 0 aromatic heterocycles. The normalized spacial score (nSPS) is 10.7. The third-order valence-corrected chi connectivity index (χ3v) is 3.23. The zero-order chi connectivity index (χ0) is 15.5. The van der Waals surface area contributed by atoms with E-state index in [1.54, 1.807) is 26.1 Å². The fourth-order valence-electron chi connectivity index (χ4n) is 2.05. The van der Waals surface area contributed by atoms with Crippen LogP contribution in [0.5, 0.6) is 0 Å². The fraction of sp³-hybridized carbons (Fsp3) is 0.500. The summed E-state index contributed by atoms with van der Waals surface area (Å²) in [4.78, 5) is 24.5. The lowest BCUT2D eigenvalue weighted by Crippen LogP contribution is -2.40. The van der Waals surface area contributed by atoms with Crippen LogP contribution in [-0.2, 0) is 0 Å². The second-order valence-electron chi connectivity index (χ2n) is 5.76. The maximum absolute atomic E-state index is 12.5. The van der Waals surface area contributed by atoms with Crippen molar-refractivity contribution >= 4 is 24.0 Å². The number of aryl methyl sites for hydroxylation is 1. The first-order valence-corrected chi connectivity index (χ1v) is 6.39. The molecule has 0 saturated heterocycles. The van der Waals surface area contributed by atoms with Crippen LogP contribution in [0.3, 0.4) is 0 Å². The van der Waals surface area contributed by atoms with Crippen molar-refractivity contribution in [2.75, 3.05) is 20.1 Å². The zero-order valence-electron chi connectivity index (χ0n) is 12.8. The molecule has 21 heavy (non-hydrogen) atoms. The van der Waals surface area contributed by atoms with Crippen LogP contribution in [0.15, 0.2) is 18.2 Å². The number of hydrogen-bond acceptors (Lipinski definition) is 4. The maximum Gasteiger partial charge on any atom is 0.282 e. The molecule has 0 aliphatic heterocycles. The van der Waals surface area contributed by atoms with Crippen molar-refractivity contribution in [1.29, 1.82) is 0 Å². The van der Waals surface area contributed by atoms with E-state index in [1.165, 1.54) is 11.0 Å². The summed E-state index contributed by atoms with van der Waals surface area (Å²) >= 11 is 0. The standard InChI is InChI=1S/C14H21N3O3.ClH/c1-10-6-5-7-11(17(19)20)12(10)13(18)16(4)9-14(2,3)8-15;/h5-7H,8-9,15H2,1-4H3;1H. The Labute approximate surface area is 130 Å². The van der Waals surface area contributed by atoms with Gasteiger partial charge in [0.1, 0.15) is 5.56 Å². The Balaban J connectivity index is 0.00000400. The number of hydrogen-bond donors (Lipinski definition) is 1. The molecule has 6 nitrogen and oxygen atoms in total. The van der Waals surface area contributed by atoms with Crippen LogP contribution in [-0.4, -0.2) is 35.9 Å². The fourth-order valence-corrected chi connectivity index (χ4v) is 2.05. The quantitative estimate of drug-likeness (QED) is 0.667. The van der Waals surface area contributed by atoms with Crippen molar-refractivity contribution in [2.24, 2.45) is 11.1 Å². The Morgan fingerprint density at radius 1 is 1.43 bits per heavy atom. The van der Waals surface area contributed by atoms with Gasteiger partial charge in [0, 0.05) is 19.7 Å². The van der Waals surface area contributed by atoms with Crippen LogP contribution in [0.25, 0.3) is 0 Å². The molecule has 0 aliphatic carbocycles. The van der Waals surface area contributed by atoms with Crippen LogP contribution in [0.4, 0.5) is 5.69 Å². The molecule has 0 atom stereocenters. The molecule has 0 radical (unpaired) electrons. The summed E-state index contributed by atoms with van der Waals surface area (Å²) in [5.41, 5.74) is 6.01. The van der Waals surface area contributed by atoms with E-state index < -0.39 is 4.92 Å². The van der Waals surface area contributed by atoms with Crippen molar-refractivity contribution in [3.05, 3.63) is 39.4 Å². The van der Waals surface area contributed by atoms with Gasteiger partial charge in [-0.25, -0.2) is 0 Å². The molecule has 0 heterocycles. The second-order valence-corrected chi connectivity index (χ2v) is 5.76. The first-order chi connectivity index (χ1) is 9.19. The number of nitro groups is 1. The summed E-state index contributed by atoms with van der Waals surface area (Å²) < 4.78 is 0. The van der Waals surface area contributed by atoms with E-state index in [0.717, 1.165) is 0 Å². The molecule has 1 rings (SSSR count). The molecule has 0 unspecified atom stereocenters. The Bertz CT molecular complexity index is 532. The molecule has 118 valence electrons. The number of nitrogens with zero attached hydrogens (tertiary/aromatic N) is 2. The van der Waals surface area contributed by atoms with E-state index in [2.05, 4.69) is 0 Å². The van der Waals surface area contributed by atoms with Gasteiger partial charge in [-0.1, -0.05) is 26.0 Å². The summed E-state index contributed by atoms with van der Waals surface area (Å²) in [6, 6.07) is 4.62. The number of carbonyl (C=O) groups excluding carboxylic acids is 1. The number of carbonyl (C=O) groups is 1. The minimum Gasteiger partial charge on any atom is -0.341 e. The number of nitro benzene ring substituents is 1. The SMILES string of the molecule is Cc1cccc([N+](=O)[O-])c1C(=O)N(C)CC(C)(C)CN.Cl. The number of benzene rings is 1. The molecular weight excluding hydrogens is 294 g/mol. The largest absolute Gasteiger partial charge is 0.341 e. The molecular formula is C14H22ClN3O3. The van der Waals surface area contributed by atoms with E-state index in [1.807, 2.05) is 13.8 Å². The van der Waals surface area contributed by atoms with Gasteiger partial charge in [-0.3, -0.25) is 14.9 Å². The lowest BCUT2D eigenvalue weighted by atomic mass is 9.93. The Morgan fingerprint density at radius 2 is 2.00 bits per heavy atom. The summed E-state index contributed by atoms with van der Waals surface area (Å²) in [7, 11) is 1.63. The summed E-state index contributed by atoms with van der Waals surface area (Å²) in [6.07, 6.45) is 0. The molecule has 0 saturated carbocycles. The molecule has 0 bridgehead atoms. The van der Waals surface area contributed by atoms with E-state index in [0.29, 0.717) is 18.7 Å². The summed E-state index contributed by atoms with van der Waals surface area (Å²) in [5, 5.41) is 11.1. The monoisotopic (exact) mass is 315 g/mol. The Kier molecular flexibility index (Phi) is 6.79. The van der Waals surface area contributed by atoms with Gasteiger partial charge in [0.05, 0.1) is 4.92 Å². The number of halogens is 1. The van der Waals surface area contributed by atoms with Crippen molar-refractivity contribution in [1.82, 2.24) is 4.90 Å². The highest BCUT2D eigenvalue weighted by molar-refractivity contribution is 5.99. The minimum atomic E-state index is -0.526. The number of rotatable bonds is 5. The van der Waals surface area contributed by atoms with Gasteiger partial charge in [-0.15, -0.1) is 12.4 Å². The average molecular weight is 316 g/mol. The molecule has 0 aliphatic rings. The van der Waals surface area contributed by atoms with Crippen molar-refractivity contribution < 1.29 is 9.72 Å². The smallest absolute Gasteiger partial charge is 0.282 e. The van der Waals surface area contributed by atoms with Crippen LogP contribution in [0.2, 0.25) is 0 Å². The van der Waals surface area contributed by atoms with Crippen molar-refractivity contribution in [3.63, 3.8) is 0 Å². The van der Waals surface area contributed by atoms with Gasteiger partial charge in [0.15, 0.2) is 0 Å². The Hall–Kier alpha value is -1.66. The summed E-state index contributed by atoms with van der Waals surface area (Å²) in [5.74, 6) is -0.351. The van der Waals surface area contributed by atoms with E-state index in [4.69, 9.17) is 5.73 Å². The Morgan fingerprint density at radius 3 is 2.48 bits per heavy atom. The van der Waals surface area contributed by atoms with Crippen molar-refractivity contribution in [3.8, 4) is 0 Å². The van der Waals surface area contributed by atoms with E-state index in [9.17, 15) is 14.9 Å². The number of amides is 1.